The van der Waals surface area contributed by atoms with E-state index in [9.17, 15) is 86.3 Å². The number of halogens is 12. The number of rotatable bonds is 9. The molecule has 13 atom stereocenters. The Morgan fingerprint density at radius 3 is 1.05 bits per heavy atom. The highest BCUT2D eigenvalue weighted by Crippen LogP contribution is 2.28. The Hall–Kier alpha value is -4.56. The van der Waals surface area contributed by atoms with Gasteiger partial charge in [0.2, 0.25) is 76.8 Å². The molecule has 41 heteroatoms. The van der Waals surface area contributed by atoms with Gasteiger partial charge in [-0.05, 0) is 32.4 Å². The number of aliphatic carboxylic acids is 1. The van der Waals surface area contributed by atoms with Gasteiger partial charge in [-0.2, -0.15) is 0 Å². The number of benzene rings is 1. The van der Waals surface area contributed by atoms with Crippen molar-refractivity contribution in [2.24, 2.45) is 5.73 Å². The van der Waals surface area contributed by atoms with Crippen LogP contribution in [0.1, 0.15) is 47.4 Å². The van der Waals surface area contributed by atoms with Crippen LogP contribution in [0, 0.1) is 0 Å². The van der Waals surface area contributed by atoms with Crippen molar-refractivity contribution in [3.63, 3.8) is 0 Å². The van der Waals surface area contributed by atoms with Crippen LogP contribution in [0.25, 0.3) is 0 Å². The van der Waals surface area contributed by atoms with Crippen molar-refractivity contribution >= 4 is 272 Å². The number of hydrogen-bond acceptors (Lipinski definition) is 18. The van der Waals surface area contributed by atoms with Crippen LogP contribution in [-0.2, 0) is 76.7 Å². The lowest BCUT2D eigenvalue weighted by Gasteiger charge is -2.14. The van der Waals surface area contributed by atoms with Gasteiger partial charge in [-0.3, -0.25) is 112 Å². The van der Waals surface area contributed by atoms with E-state index in [1.165, 1.54) is 55.4 Å². The third-order valence-corrected chi connectivity index (χ3v) is 22.0. The molecule has 7 heterocycles. The minimum Gasteiger partial charge on any atom is -0.480 e. The van der Waals surface area contributed by atoms with Gasteiger partial charge >= 0.3 is 11.9 Å². The average Bonchev–Trinajstić information content (AvgIpc) is 3.30. The second-order valence-corrected chi connectivity index (χ2v) is 26.0. The molecule has 1 aromatic rings. The van der Waals surface area contributed by atoms with E-state index in [4.69, 9.17) is 85.6 Å². The summed E-state index contributed by atoms with van der Waals surface area (Å²) >= 11 is 51.2. The van der Waals surface area contributed by atoms with Gasteiger partial charge in [-0.1, -0.05) is 108 Å². The Bertz CT molecular complexity index is 2760. The van der Waals surface area contributed by atoms with E-state index in [-0.39, 0.29) is 83.0 Å². The molecule has 8 rings (SSSR count). The molecule has 0 radical (unpaired) electrons. The van der Waals surface area contributed by atoms with Crippen LogP contribution in [0.15, 0.2) is 36.4 Å². The fourth-order valence-corrected chi connectivity index (χ4v) is 10.5. The molecule has 13 unspecified atom stereocenters. The van der Waals surface area contributed by atoms with Crippen LogP contribution in [-0.4, -0.2) is 231 Å². The maximum Gasteiger partial charge on any atom is 0.336 e. The molecule has 6 saturated heterocycles. The number of alkyl halides is 12. The Morgan fingerprint density at radius 2 is 0.830 bits per heavy atom. The summed E-state index contributed by atoms with van der Waals surface area (Å²) in [5.74, 6) is -8.72. The Balaban J connectivity index is 0.000000515. The molecular weight excluding hydrogens is 1700 g/mol. The van der Waals surface area contributed by atoms with Crippen LogP contribution in [0.5, 0.6) is 0 Å². The normalized spacial score (nSPS) is 26.9. The molecular formula is C47H47Br6Cl6N9O20. The smallest absolute Gasteiger partial charge is 0.336 e. The van der Waals surface area contributed by atoms with Crippen LogP contribution < -0.4 is 27.0 Å². The predicted molar refractivity (Wildman–Crippen MR) is 334 cm³/mol. The first-order chi connectivity index (χ1) is 40.7. The molecule has 484 valence electrons. The van der Waals surface area contributed by atoms with Gasteiger partial charge in [0.1, 0.15) is 67.3 Å². The minimum atomic E-state index is -1.34. The summed E-state index contributed by atoms with van der Waals surface area (Å²) in [5.41, 5.74) is 4.53. The number of carbonyl (C=O) groups excluding carboxylic acids is 16. The van der Waals surface area contributed by atoms with Crippen molar-refractivity contribution in [3.8, 4) is 0 Å². The summed E-state index contributed by atoms with van der Waals surface area (Å²) in [6, 6.07) is 4.08. The topological polar surface area (TPSA) is 435 Å². The zero-order chi connectivity index (χ0) is 68.3. The highest BCUT2D eigenvalue weighted by atomic mass is 79.9. The van der Waals surface area contributed by atoms with Crippen LogP contribution in [0.3, 0.4) is 0 Å². The summed E-state index contributed by atoms with van der Waals surface area (Å²) in [5, 5.41) is 20.9. The molecule has 1 aromatic carbocycles. The number of carboxylic acid groups (broad SMARTS) is 2. The largest absolute Gasteiger partial charge is 0.480 e. The van der Waals surface area contributed by atoms with Gasteiger partial charge in [0.05, 0.1) is 11.1 Å². The summed E-state index contributed by atoms with van der Waals surface area (Å²) in [7, 11) is 2.84. The van der Waals surface area contributed by atoms with Crippen molar-refractivity contribution in [2.75, 3.05) is 27.2 Å². The number of imide groups is 7. The standard InChI is InChI=1S/C13H14N2O6.C6H7Br2NO2.C6H7Cl2NO2.C5H5Br2NO2.C5H5Cl2NO2.C4H3Br2NO2.C4H3Cl2NO2.C4H3NO2/c14-10(16)6-5-9(13(20)21)15-11(17)7-3-1-2-4-8(7)12(18)19;2*1-2-9-5(10)3(7)4(8)6(9)11;2*1-8-4(9)2(6)3(7)5(8)10;2*5-1-2(6)4(9)7-3(1)8;6-3-1-2-4(7)5-3/h1-4,9H,5-6H2,(H2,14,16)(H,15,17)(H,18,19)(H,20,21);2*3-4H,2H2,1H3;2*2-3H,1H3;2*1-2H,(H,7,8,9);1-2H,(H,5,6,7). The average molecular weight is 1750 g/mol. The SMILES string of the molecule is CCN1C(=O)C(Br)C(Br)C1=O.CCN1C(=O)C(Cl)C(Cl)C1=O.CN1C(=O)C(Br)C(Br)C1=O.CN1C(=O)C(Cl)C(Cl)C1=O.NC(=O)CCC(NC(=O)c1ccccc1C(=O)O)C(=O)O.O=C1C=CC(=O)N1.O=C1NC(=O)C(Br)C1Br.O=C1NC(=O)C(Cl)C1Cl. The van der Waals surface area contributed by atoms with Crippen LogP contribution in [0.4, 0.5) is 0 Å². The van der Waals surface area contributed by atoms with E-state index >= 15 is 0 Å². The molecule has 29 nitrogen and oxygen atoms in total. The van der Waals surface area contributed by atoms with Gasteiger partial charge in [0, 0.05) is 45.8 Å². The molecule has 0 bridgehead atoms. The highest BCUT2D eigenvalue weighted by molar-refractivity contribution is 9.13. The van der Waals surface area contributed by atoms with E-state index in [0.717, 1.165) is 14.7 Å². The number of likely N-dealkylation sites (tertiary alicyclic amines) is 4. The van der Waals surface area contributed by atoms with Crippen molar-refractivity contribution in [1.29, 1.82) is 0 Å². The quantitative estimate of drug-likeness (QED) is 0.135. The maximum atomic E-state index is 12.0. The Morgan fingerprint density at radius 1 is 0.500 bits per heavy atom. The van der Waals surface area contributed by atoms with E-state index in [1.807, 2.05) is 10.6 Å². The number of nitrogens with two attached hydrogens (primary N) is 1. The zero-order valence-electron chi connectivity index (χ0n) is 44.9. The number of aromatic carboxylic acids is 1. The number of nitrogens with one attached hydrogen (secondary N) is 4. The molecule has 8 N–H and O–H groups in total. The van der Waals surface area contributed by atoms with Crippen molar-refractivity contribution in [1.82, 2.24) is 40.9 Å². The lowest BCUT2D eigenvalue weighted by Crippen LogP contribution is -2.41. The first-order valence-electron chi connectivity index (χ1n) is 24.0. The summed E-state index contributed by atoms with van der Waals surface area (Å²) < 4.78 is 0. The maximum absolute atomic E-state index is 12.0. The van der Waals surface area contributed by atoms with Crippen LogP contribution in [0.2, 0.25) is 0 Å². The van der Waals surface area contributed by atoms with Crippen molar-refractivity contribution in [3.05, 3.63) is 47.5 Å². The first-order valence-corrected chi connectivity index (χ1v) is 32.2. The third-order valence-electron chi connectivity index (χ3n) is 11.3. The number of nitrogens with zero attached hydrogens (tertiary/aromatic N) is 4. The van der Waals surface area contributed by atoms with Gasteiger partial charge < -0.3 is 21.3 Å². The second-order valence-electron chi connectivity index (χ2n) is 17.2. The fraction of sp³-hybridized carbons (Fsp3) is 0.447. The van der Waals surface area contributed by atoms with E-state index in [2.05, 4.69) is 106 Å². The monoisotopic (exact) mass is 1740 g/mol. The number of carbonyl (C=O) groups is 18. The van der Waals surface area contributed by atoms with Gasteiger partial charge in [-0.15, -0.1) is 69.6 Å². The zero-order valence-corrected chi connectivity index (χ0v) is 59.0. The molecule has 7 aliphatic heterocycles. The number of hydrogen-bond donors (Lipinski definition) is 7. The highest BCUT2D eigenvalue weighted by Gasteiger charge is 2.47. The minimum absolute atomic E-state index is 0.153. The molecule has 0 spiro atoms. The first kappa shape index (κ1) is 81.5. The van der Waals surface area contributed by atoms with Gasteiger partial charge in [0.15, 0.2) is 0 Å². The number of carboxylic acids is 2. The number of amides is 16. The fourth-order valence-electron chi connectivity index (χ4n) is 6.45. The lowest BCUT2D eigenvalue weighted by molar-refractivity contribution is -0.140. The second kappa shape index (κ2) is 37.7. The van der Waals surface area contributed by atoms with E-state index < -0.39 is 115 Å². The van der Waals surface area contributed by atoms with E-state index in [0.29, 0.717) is 13.1 Å². The Labute approximate surface area is 578 Å². The van der Waals surface area contributed by atoms with Gasteiger partial charge in [-0.25, -0.2) is 9.59 Å². The molecule has 0 aliphatic carbocycles. The molecule has 0 saturated carbocycles. The molecule has 16 amide bonds. The Kier molecular flexibility index (Phi) is 34.9. The third kappa shape index (κ3) is 22.7. The summed E-state index contributed by atoms with van der Waals surface area (Å²) in [6.45, 7) is 4.26. The van der Waals surface area contributed by atoms with Crippen molar-refractivity contribution < 1.29 is 96.5 Å². The van der Waals surface area contributed by atoms with E-state index in [1.54, 1.807) is 13.8 Å². The predicted octanol–water partition coefficient (Wildman–Crippen LogP) is 1.26. The number of primary amides is 1. The lowest BCUT2D eigenvalue weighted by atomic mass is 10.1. The van der Waals surface area contributed by atoms with Crippen molar-refractivity contribution in [2.45, 2.75) is 94.0 Å². The summed E-state index contributed by atoms with van der Waals surface area (Å²) in [6.07, 6.45) is 2.01. The molecule has 7 aliphatic rings. The molecule has 6 fully saturated rings. The molecule has 88 heavy (non-hydrogen) atoms. The summed E-state index contributed by atoms with van der Waals surface area (Å²) in [4.78, 5) is 197. The van der Waals surface area contributed by atoms with Crippen LogP contribution >= 0.6 is 165 Å². The molecule has 0 aromatic heterocycles. The van der Waals surface area contributed by atoms with Gasteiger partial charge in [0.25, 0.3) is 17.7 Å².